The Morgan fingerprint density at radius 3 is 2.56 bits per heavy atom. The Balaban J connectivity index is 1.36. The molecule has 0 radical (unpaired) electrons. The van der Waals surface area contributed by atoms with Gasteiger partial charge in [0.1, 0.15) is 11.5 Å². The summed E-state index contributed by atoms with van der Waals surface area (Å²) >= 11 is 0. The zero-order valence-electron chi connectivity index (χ0n) is 14.1. The van der Waals surface area contributed by atoms with E-state index in [-0.39, 0.29) is 11.9 Å². The molecule has 2 aliphatic rings. The molecule has 130 valence electrons. The third-order valence-electron chi connectivity index (χ3n) is 4.90. The maximum atomic E-state index is 12.4. The highest BCUT2D eigenvalue weighted by Gasteiger charge is 2.39. The van der Waals surface area contributed by atoms with Crippen molar-refractivity contribution < 1.29 is 14.3 Å². The molecule has 0 saturated carbocycles. The molecule has 3 unspecified atom stereocenters. The number of benzene rings is 1. The van der Waals surface area contributed by atoms with Crippen LogP contribution in [-0.4, -0.2) is 36.1 Å². The molecule has 2 aromatic rings. The van der Waals surface area contributed by atoms with Crippen molar-refractivity contribution in [2.75, 3.05) is 7.11 Å². The van der Waals surface area contributed by atoms with Crippen molar-refractivity contribution in [1.82, 2.24) is 15.6 Å². The smallest absolute Gasteiger partial charge is 0.251 e. The number of fused-ring (bicyclic) bond motifs is 2. The van der Waals surface area contributed by atoms with Crippen LogP contribution in [0.25, 0.3) is 0 Å². The van der Waals surface area contributed by atoms with Gasteiger partial charge in [0.05, 0.1) is 13.3 Å². The van der Waals surface area contributed by atoms with Crippen molar-refractivity contribution in [3.63, 3.8) is 0 Å². The summed E-state index contributed by atoms with van der Waals surface area (Å²) < 4.78 is 10.7. The highest BCUT2D eigenvalue weighted by molar-refractivity contribution is 5.94. The Labute approximate surface area is 146 Å². The molecule has 0 spiro atoms. The fourth-order valence-corrected chi connectivity index (χ4v) is 3.58. The van der Waals surface area contributed by atoms with E-state index in [1.807, 2.05) is 0 Å². The first-order valence-electron chi connectivity index (χ1n) is 8.56. The largest absolute Gasteiger partial charge is 0.495 e. The van der Waals surface area contributed by atoms with Crippen LogP contribution >= 0.6 is 0 Å². The predicted molar refractivity (Wildman–Crippen MR) is 93.1 cm³/mol. The summed E-state index contributed by atoms with van der Waals surface area (Å²) in [6, 6.07) is 11.9. The number of ether oxygens (including phenoxy) is 2. The molecule has 0 aliphatic carbocycles. The number of carbonyl (C=O) groups excluding carboxylic acids is 1. The normalized spacial score (nSPS) is 24.1. The van der Waals surface area contributed by atoms with E-state index in [0.29, 0.717) is 35.0 Å². The highest BCUT2D eigenvalue weighted by Crippen LogP contribution is 2.28. The lowest BCUT2D eigenvalue weighted by molar-refractivity contribution is 0.0931. The maximum absolute atomic E-state index is 12.4. The molecule has 3 atom stereocenters. The fraction of sp³-hybridized carbons (Fsp3) is 0.368. The summed E-state index contributed by atoms with van der Waals surface area (Å²) in [5.41, 5.74) is 0.637. The summed E-state index contributed by atoms with van der Waals surface area (Å²) in [5.74, 6) is 1.75. The minimum atomic E-state index is -0.0338. The second kappa shape index (κ2) is 6.72. The van der Waals surface area contributed by atoms with E-state index in [1.54, 1.807) is 49.7 Å². The average Bonchev–Trinajstić information content (AvgIpc) is 3.26. The Morgan fingerprint density at radius 1 is 1.16 bits per heavy atom. The lowest BCUT2D eigenvalue weighted by Gasteiger charge is -2.21. The molecule has 2 saturated heterocycles. The van der Waals surface area contributed by atoms with Gasteiger partial charge in [-0.1, -0.05) is 0 Å². The van der Waals surface area contributed by atoms with Crippen molar-refractivity contribution in [2.45, 2.75) is 37.4 Å². The van der Waals surface area contributed by atoms with Crippen LogP contribution in [-0.2, 0) is 0 Å². The topological polar surface area (TPSA) is 72.5 Å². The maximum Gasteiger partial charge on any atom is 0.251 e. The van der Waals surface area contributed by atoms with Gasteiger partial charge in [-0.15, -0.1) is 0 Å². The van der Waals surface area contributed by atoms with E-state index in [9.17, 15) is 4.79 Å². The first-order valence-corrected chi connectivity index (χ1v) is 8.56. The quantitative estimate of drug-likeness (QED) is 0.876. The molecule has 1 aromatic carbocycles. The third-order valence-corrected chi connectivity index (χ3v) is 4.90. The second-order valence-electron chi connectivity index (χ2n) is 6.53. The van der Waals surface area contributed by atoms with E-state index >= 15 is 0 Å². The molecule has 1 aromatic heterocycles. The van der Waals surface area contributed by atoms with Crippen LogP contribution in [0.4, 0.5) is 0 Å². The van der Waals surface area contributed by atoms with Gasteiger partial charge in [0, 0.05) is 29.8 Å². The molecule has 25 heavy (non-hydrogen) atoms. The molecule has 2 aliphatic heterocycles. The fourth-order valence-electron chi connectivity index (χ4n) is 3.58. The van der Waals surface area contributed by atoms with Gasteiger partial charge in [-0.05, 0) is 49.6 Å². The number of amides is 1. The number of hydrogen-bond acceptors (Lipinski definition) is 5. The standard InChI is InChI=1S/C19H21N3O3/c1-24-15-7-9-18(20-11-15)25-14-5-2-12(3-6-14)19(23)22-17-10-13-4-8-16(17)21-13/h2-3,5-7,9,11,13,16-17,21H,4,8,10H2,1H3,(H,22,23). The summed E-state index contributed by atoms with van der Waals surface area (Å²) in [6.45, 7) is 0. The van der Waals surface area contributed by atoms with E-state index < -0.39 is 0 Å². The molecule has 2 N–H and O–H groups in total. The van der Waals surface area contributed by atoms with Crippen molar-refractivity contribution in [3.8, 4) is 17.4 Å². The van der Waals surface area contributed by atoms with Gasteiger partial charge < -0.3 is 20.1 Å². The molecular formula is C19H21N3O3. The van der Waals surface area contributed by atoms with Crippen LogP contribution < -0.4 is 20.1 Å². The van der Waals surface area contributed by atoms with Gasteiger partial charge in [-0.3, -0.25) is 4.79 Å². The number of pyridine rings is 1. The highest BCUT2D eigenvalue weighted by atomic mass is 16.5. The number of hydrogen-bond donors (Lipinski definition) is 2. The molecular weight excluding hydrogens is 318 g/mol. The lowest BCUT2D eigenvalue weighted by atomic mass is 9.95. The van der Waals surface area contributed by atoms with E-state index in [4.69, 9.17) is 9.47 Å². The summed E-state index contributed by atoms with van der Waals surface area (Å²) in [6.07, 6.45) is 5.00. The van der Waals surface area contributed by atoms with Crippen LogP contribution in [0.2, 0.25) is 0 Å². The van der Waals surface area contributed by atoms with E-state index in [0.717, 1.165) is 12.8 Å². The number of carbonyl (C=O) groups is 1. The summed E-state index contributed by atoms with van der Waals surface area (Å²) in [7, 11) is 1.59. The molecule has 4 rings (SSSR count). The number of nitrogens with one attached hydrogen (secondary N) is 2. The third kappa shape index (κ3) is 3.44. The van der Waals surface area contributed by atoms with Gasteiger partial charge in [0.15, 0.2) is 0 Å². The van der Waals surface area contributed by atoms with Gasteiger partial charge in [-0.2, -0.15) is 0 Å². The lowest BCUT2D eigenvalue weighted by Crippen LogP contribution is -2.42. The first-order chi connectivity index (χ1) is 12.2. The van der Waals surface area contributed by atoms with Crippen LogP contribution in [0.1, 0.15) is 29.6 Å². The SMILES string of the molecule is COc1ccc(Oc2ccc(C(=O)NC3CC4CCC3N4)cc2)nc1. The Morgan fingerprint density at radius 2 is 1.96 bits per heavy atom. The zero-order chi connectivity index (χ0) is 17.2. The van der Waals surface area contributed by atoms with Gasteiger partial charge >= 0.3 is 0 Å². The predicted octanol–water partition coefficient (Wildman–Crippen LogP) is 2.51. The number of methoxy groups -OCH3 is 1. The molecule has 2 fully saturated rings. The second-order valence-corrected chi connectivity index (χ2v) is 6.53. The molecule has 1 amide bonds. The summed E-state index contributed by atoms with van der Waals surface area (Å²) in [4.78, 5) is 16.6. The zero-order valence-corrected chi connectivity index (χ0v) is 14.1. The minimum absolute atomic E-state index is 0.0338. The Bertz CT molecular complexity index is 746. The van der Waals surface area contributed by atoms with Gasteiger partial charge in [0.25, 0.3) is 5.91 Å². The van der Waals surface area contributed by atoms with Crippen molar-refractivity contribution in [2.24, 2.45) is 0 Å². The molecule has 6 nitrogen and oxygen atoms in total. The molecule has 3 heterocycles. The molecule has 2 bridgehead atoms. The van der Waals surface area contributed by atoms with Crippen molar-refractivity contribution in [1.29, 1.82) is 0 Å². The van der Waals surface area contributed by atoms with Gasteiger partial charge in [0.2, 0.25) is 5.88 Å². The van der Waals surface area contributed by atoms with Crippen LogP contribution in [0.5, 0.6) is 17.4 Å². The van der Waals surface area contributed by atoms with E-state index in [2.05, 4.69) is 15.6 Å². The van der Waals surface area contributed by atoms with Crippen molar-refractivity contribution in [3.05, 3.63) is 48.2 Å². The van der Waals surface area contributed by atoms with E-state index in [1.165, 1.54) is 6.42 Å². The van der Waals surface area contributed by atoms with Gasteiger partial charge in [-0.25, -0.2) is 4.98 Å². The average molecular weight is 339 g/mol. The first kappa shape index (κ1) is 15.9. The van der Waals surface area contributed by atoms with Crippen LogP contribution in [0, 0.1) is 0 Å². The minimum Gasteiger partial charge on any atom is -0.495 e. The Hall–Kier alpha value is -2.60. The summed E-state index contributed by atoms with van der Waals surface area (Å²) in [5, 5.41) is 6.67. The number of aromatic nitrogens is 1. The number of rotatable bonds is 5. The van der Waals surface area contributed by atoms with Crippen molar-refractivity contribution >= 4 is 5.91 Å². The monoisotopic (exact) mass is 339 g/mol. The van der Waals surface area contributed by atoms with Crippen LogP contribution in [0.3, 0.4) is 0 Å². The van der Waals surface area contributed by atoms with Crippen LogP contribution in [0.15, 0.2) is 42.6 Å². The molecule has 6 heteroatoms. The number of nitrogens with zero attached hydrogens (tertiary/aromatic N) is 1. The Kier molecular flexibility index (Phi) is 4.28.